The van der Waals surface area contributed by atoms with Crippen LogP contribution in [0, 0.1) is 5.92 Å². The normalized spacial score (nSPS) is 27.7. The van der Waals surface area contributed by atoms with Gasteiger partial charge in [-0.3, -0.25) is 0 Å². The van der Waals surface area contributed by atoms with Gasteiger partial charge in [0.1, 0.15) is 0 Å². The summed E-state index contributed by atoms with van der Waals surface area (Å²) in [6, 6.07) is -0.0266. The van der Waals surface area contributed by atoms with Crippen LogP contribution in [0.5, 0.6) is 0 Å². The maximum atomic E-state index is 11.8. The van der Waals surface area contributed by atoms with Gasteiger partial charge in [0, 0.05) is 18.6 Å². The lowest BCUT2D eigenvalue weighted by Gasteiger charge is -2.36. The Kier molecular flexibility index (Phi) is 3.60. The molecule has 0 aliphatic carbocycles. The summed E-state index contributed by atoms with van der Waals surface area (Å²) < 4.78 is 0. The highest BCUT2D eigenvalue weighted by Gasteiger charge is 2.28. The van der Waals surface area contributed by atoms with E-state index in [1.54, 1.807) is 4.90 Å². The van der Waals surface area contributed by atoms with Crippen molar-refractivity contribution in [3.63, 3.8) is 0 Å². The molecule has 4 heteroatoms. The molecular formula is C11H22N2O2. The number of piperidine rings is 1. The van der Waals surface area contributed by atoms with Crippen LogP contribution in [0.15, 0.2) is 0 Å². The van der Waals surface area contributed by atoms with Crippen molar-refractivity contribution in [3.8, 4) is 0 Å². The van der Waals surface area contributed by atoms with Crippen LogP contribution in [-0.4, -0.2) is 40.8 Å². The number of aliphatic hydroxyl groups excluding tert-OH is 1. The quantitative estimate of drug-likeness (QED) is 0.636. The Labute approximate surface area is 91.6 Å². The van der Waals surface area contributed by atoms with Crippen molar-refractivity contribution < 1.29 is 9.90 Å². The average molecular weight is 214 g/mol. The molecule has 2 unspecified atom stereocenters. The Hall–Kier alpha value is -0.770. The summed E-state index contributed by atoms with van der Waals surface area (Å²) in [5, 5.41) is 12.5. The van der Waals surface area contributed by atoms with Crippen LogP contribution < -0.4 is 5.32 Å². The molecule has 0 saturated carbocycles. The number of urea groups is 1. The van der Waals surface area contributed by atoms with E-state index in [1.807, 2.05) is 27.7 Å². The molecule has 88 valence electrons. The topological polar surface area (TPSA) is 52.6 Å². The zero-order chi connectivity index (χ0) is 11.6. The lowest BCUT2D eigenvalue weighted by atomic mass is 9.97. The smallest absolute Gasteiger partial charge is 0.317 e. The summed E-state index contributed by atoms with van der Waals surface area (Å²) in [6.07, 6.45) is 0.419. The third-order valence-electron chi connectivity index (χ3n) is 2.63. The molecule has 0 aromatic carbocycles. The molecule has 0 bridgehead atoms. The van der Waals surface area contributed by atoms with Crippen molar-refractivity contribution in [2.45, 2.75) is 45.8 Å². The van der Waals surface area contributed by atoms with Crippen LogP contribution in [0.1, 0.15) is 34.1 Å². The third-order valence-corrected chi connectivity index (χ3v) is 2.63. The van der Waals surface area contributed by atoms with E-state index in [1.165, 1.54) is 0 Å². The Morgan fingerprint density at radius 2 is 2.07 bits per heavy atom. The zero-order valence-corrected chi connectivity index (χ0v) is 10.1. The largest absolute Gasteiger partial charge is 0.393 e. The van der Waals surface area contributed by atoms with Gasteiger partial charge in [0.05, 0.1) is 6.10 Å². The van der Waals surface area contributed by atoms with Crippen molar-refractivity contribution in [3.05, 3.63) is 0 Å². The highest BCUT2D eigenvalue weighted by atomic mass is 16.3. The zero-order valence-electron chi connectivity index (χ0n) is 10.1. The minimum Gasteiger partial charge on any atom is -0.393 e. The van der Waals surface area contributed by atoms with E-state index in [9.17, 15) is 9.90 Å². The van der Waals surface area contributed by atoms with E-state index in [4.69, 9.17) is 0 Å². The number of rotatable bonds is 0. The molecule has 2 N–H and O–H groups in total. The summed E-state index contributed by atoms with van der Waals surface area (Å²) in [6.45, 7) is 9.16. The first-order valence-corrected chi connectivity index (χ1v) is 5.55. The number of amides is 2. The monoisotopic (exact) mass is 214 g/mol. The predicted molar refractivity (Wildman–Crippen MR) is 59.6 cm³/mol. The Balaban J connectivity index is 2.48. The number of aliphatic hydroxyl groups is 1. The number of nitrogens with zero attached hydrogens (tertiary/aromatic N) is 1. The molecule has 0 aromatic heterocycles. The Bertz CT molecular complexity index is 235. The maximum absolute atomic E-state index is 11.8. The van der Waals surface area contributed by atoms with Crippen molar-refractivity contribution in [2.24, 2.45) is 5.92 Å². The molecular weight excluding hydrogens is 192 g/mol. The van der Waals surface area contributed by atoms with Gasteiger partial charge in [-0.15, -0.1) is 0 Å². The second-order valence-corrected chi connectivity index (χ2v) is 5.46. The van der Waals surface area contributed by atoms with Crippen molar-refractivity contribution in [1.82, 2.24) is 10.2 Å². The van der Waals surface area contributed by atoms with Crippen molar-refractivity contribution in [2.75, 3.05) is 13.1 Å². The molecule has 2 atom stereocenters. The van der Waals surface area contributed by atoms with Crippen LogP contribution >= 0.6 is 0 Å². The van der Waals surface area contributed by atoms with E-state index in [-0.39, 0.29) is 23.6 Å². The maximum Gasteiger partial charge on any atom is 0.317 e. The van der Waals surface area contributed by atoms with Gasteiger partial charge in [-0.2, -0.15) is 0 Å². The number of hydrogen-bond donors (Lipinski definition) is 2. The molecule has 15 heavy (non-hydrogen) atoms. The van der Waals surface area contributed by atoms with Crippen molar-refractivity contribution in [1.29, 1.82) is 0 Å². The molecule has 2 amide bonds. The molecule has 1 fully saturated rings. The van der Waals surface area contributed by atoms with Gasteiger partial charge in [-0.05, 0) is 33.1 Å². The number of hydrogen-bond acceptors (Lipinski definition) is 2. The highest BCUT2D eigenvalue weighted by molar-refractivity contribution is 5.75. The van der Waals surface area contributed by atoms with Gasteiger partial charge in [-0.25, -0.2) is 4.79 Å². The van der Waals surface area contributed by atoms with Gasteiger partial charge >= 0.3 is 6.03 Å². The average Bonchev–Trinajstić information content (AvgIpc) is 2.06. The minimum absolute atomic E-state index is 0.0266. The second kappa shape index (κ2) is 4.39. The van der Waals surface area contributed by atoms with Gasteiger partial charge in [0.2, 0.25) is 0 Å². The van der Waals surface area contributed by atoms with Gasteiger partial charge in [0.25, 0.3) is 0 Å². The fraction of sp³-hybridized carbons (Fsp3) is 0.909. The van der Waals surface area contributed by atoms with Crippen molar-refractivity contribution >= 4 is 6.03 Å². The van der Waals surface area contributed by atoms with E-state index in [2.05, 4.69) is 5.32 Å². The lowest BCUT2D eigenvalue weighted by Crippen LogP contribution is -2.53. The Morgan fingerprint density at radius 1 is 1.47 bits per heavy atom. The predicted octanol–water partition coefficient (Wildman–Crippen LogP) is 1.20. The summed E-state index contributed by atoms with van der Waals surface area (Å²) >= 11 is 0. The number of nitrogens with one attached hydrogen (secondary N) is 1. The molecule has 0 aromatic rings. The standard InChI is InChI=1S/C11H22N2O2/c1-8-7-13(6-5-9(8)14)10(15)12-11(2,3)4/h8-9,14H,5-7H2,1-4H3,(H,12,15). The first-order chi connectivity index (χ1) is 6.79. The second-order valence-electron chi connectivity index (χ2n) is 5.46. The molecule has 1 heterocycles. The molecule has 1 rings (SSSR count). The minimum atomic E-state index is -0.260. The van der Waals surface area contributed by atoms with Crippen LogP contribution in [0.3, 0.4) is 0 Å². The molecule has 0 radical (unpaired) electrons. The molecule has 0 spiro atoms. The first kappa shape index (κ1) is 12.3. The fourth-order valence-corrected chi connectivity index (χ4v) is 1.72. The molecule has 1 aliphatic heterocycles. The van der Waals surface area contributed by atoms with E-state index in [0.717, 1.165) is 0 Å². The number of likely N-dealkylation sites (tertiary alicyclic amines) is 1. The summed E-state index contributed by atoms with van der Waals surface area (Å²) in [5.41, 5.74) is -0.198. The van der Waals surface area contributed by atoms with Crippen LogP contribution in [0.4, 0.5) is 4.79 Å². The number of carbonyl (C=O) groups excluding carboxylic acids is 1. The summed E-state index contributed by atoms with van der Waals surface area (Å²) in [7, 11) is 0. The third kappa shape index (κ3) is 3.70. The Morgan fingerprint density at radius 3 is 2.53 bits per heavy atom. The highest BCUT2D eigenvalue weighted by Crippen LogP contribution is 2.16. The van der Waals surface area contributed by atoms with Crippen LogP contribution in [0.25, 0.3) is 0 Å². The molecule has 1 saturated heterocycles. The van der Waals surface area contributed by atoms with E-state index >= 15 is 0 Å². The van der Waals surface area contributed by atoms with E-state index < -0.39 is 0 Å². The fourth-order valence-electron chi connectivity index (χ4n) is 1.72. The van der Waals surface area contributed by atoms with Gasteiger partial charge in [-0.1, -0.05) is 6.92 Å². The molecule has 4 nitrogen and oxygen atoms in total. The summed E-state index contributed by atoms with van der Waals surface area (Å²) in [5.74, 6) is 0.171. The lowest BCUT2D eigenvalue weighted by molar-refractivity contribution is 0.0470. The van der Waals surface area contributed by atoms with E-state index in [0.29, 0.717) is 19.5 Å². The van der Waals surface area contributed by atoms with Gasteiger partial charge in [0.15, 0.2) is 0 Å². The number of carbonyl (C=O) groups is 1. The first-order valence-electron chi connectivity index (χ1n) is 5.55. The van der Waals surface area contributed by atoms with Crippen LogP contribution in [0.2, 0.25) is 0 Å². The molecule has 1 aliphatic rings. The van der Waals surface area contributed by atoms with Crippen LogP contribution in [-0.2, 0) is 0 Å². The summed E-state index contributed by atoms with van der Waals surface area (Å²) in [4.78, 5) is 13.6. The SMILES string of the molecule is CC1CN(C(=O)NC(C)(C)C)CCC1O. The van der Waals surface area contributed by atoms with Gasteiger partial charge < -0.3 is 15.3 Å².